The molecule has 5 nitrogen and oxygen atoms in total. The van der Waals surface area contributed by atoms with Gasteiger partial charge < -0.3 is 14.8 Å². The van der Waals surface area contributed by atoms with Gasteiger partial charge in [0.2, 0.25) is 0 Å². The molecule has 3 rings (SSSR count). The van der Waals surface area contributed by atoms with Crippen molar-refractivity contribution in [3.05, 3.63) is 64.9 Å². The first-order valence-corrected chi connectivity index (χ1v) is 9.22. The molecule has 0 radical (unpaired) electrons. The first kappa shape index (κ1) is 19.6. The summed E-state index contributed by atoms with van der Waals surface area (Å²) in [6.07, 6.45) is 0. The molecule has 1 aliphatic rings. The SMILES string of the molecule is O=C(COc1ccc(F)c(Cl)c1)NCC(c1ccccc1)N1CCOCC1. The Morgan fingerprint density at radius 1 is 1.22 bits per heavy atom. The molecular weight excluding hydrogens is 371 g/mol. The van der Waals surface area contributed by atoms with Crippen LogP contribution < -0.4 is 10.1 Å². The third-order valence-corrected chi connectivity index (χ3v) is 4.71. The van der Waals surface area contributed by atoms with E-state index in [2.05, 4.69) is 22.3 Å². The zero-order valence-corrected chi connectivity index (χ0v) is 15.6. The molecule has 0 spiro atoms. The van der Waals surface area contributed by atoms with Gasteiger partial charge in [-0.05, 0) is 17.7 Å². The summed E-state index contributed by atoms with van der Waals surface area (Å²) in [4.78, 5) is 14.5. The molecule has 0 saturated carbocycles. The van der Waals surface area contributed by atoms with E-state index >= 15 is 0 Å². The van der Waals surface area contributed by atoms with Crippen molar-refractivity contribution in [1.29, 1.82) is 0 Å². The second-order valence-electron chi connectivity index (χ2n) is 6.24. The van der Waals surface area contributed by atoms with E-state index in [0.717, 1.165) is 18.7 Å². The maximum atomic E-state index is 13.2. The van der Waals surface area contributed by atoms with Crippen LogP contribution in [0.4, 0.5) is 4.39 Å². The number of morpholine rings is 1. The Morgan fingerprint density at radius 2 is 1.96 bits per heavy atom. The number of nitrogens with one attached hydrogen (secondary N) is 1. The van der Waals surface area contributed by atoms with Gasteiger partial charge in [0.25, 0.3) is 5.91 Å². The Balaban J connectivity index is 1.55. The Morgan fingerprint density at radius 3 is 2.67 bits per heavy atom. The van der Waals surface area contributed by atoms with Crippen LogP contribution in [0.3, 0.4) is 0 Å². The summed E-state index contributed by atoms with van der Waals surface area (Å²) in [5.74, 6) is -0.418. The summed E-state index contributed by atoms with van der Waals surface area (Å²) in [7, 11) is 0. The van der Waals surface area contributed by atoms with E-state index in [1.807, 2.05) is 18.2 Å². The Kier molecular flexibility index (Phi) is 7.04. The standard InChI is InChI=1S/C20H22ClFN2O3/c21-17-12-16(6-7-18(17)22)27-14-20(25)23-13-19(15-4-2-1-3-5-15)24-8-10-26-11-9-24/h1-7,12,19H,8-11,13-14H2,(H,23,25). The third kappa shape index (κ3) is 5.66. The average Bonchev–Trinajstić information content (AvgIpc) is 2.71. The van der Waals surface area contributed by atoms with Crippen LogP contribution in [0.25, 0.3) is 0 Å². The van der Waals surface area contributed by atoms with Gasteiger partial charge in [0.05, 0.1) is 24.3 Å². The number of hydrogen-bond acceptors (Lipinski definition) is 4. The lowest BCUT2D eigenvalue weighted by Gasteiger charge is -2.34. The van der Waals surface area contributed by atoms with E-state index in [9.17, 15) is 9.18 Å². The average molecular weight is 393 g/mol. The van der Waals surface area contributed by atoms with Crippen molar-refractivity contribution in [2.45, 2.75) is 6.04 Å². The minimum Gasteiger partial charge on any atom is -0.484 e. The highest BCUT2D eigenvalue weighted by atomic mass is 35.5. The number of carbonyl (C=O) groups excluding carboxylic acids is 1. The quantitative estimate of drug-likeness (QED) is 0.786. The van der Waals surface area contributed by atoms with Crippen LogP contribution in [0.1, 0.15) is 11.6 Å². The molecule has 1 amide bonds. The molecule has 2 aromatic rings. The zero-order valence-electron chi connectivity index (χ0n) is 14.9. The molecule has 1 aliphatic heterocycles. The Labute approximate surface area is 163 Å². The van der Waals surface area contributed by atoms with Crippen molar-refractivity contribution in [2.24, 2.45) is 0 Å². The van der Waals surface area contributed by atoms with Gasteiger partial charge >= 0.3 is 0 Å². The molecule has 1 saturated heterocycles. The molecule has 1 fully saturated rings. The van der Waals surface area contributed by atoms with Crippen molar-refractivity contribution in [3.63, 3.8) is 0 Å². The lowest BCUT2D eigenvalue weighted by atomic mass is 10.0. The van der Waals surface area contributed by atoms with Crippen LogP contribution in [0.5, 0.6) is 5.75 Å². The molecule has 1 N–H and O–H groups in total. The van der Waals surface area contributed by atoms with Gasteiger partial charge in [-0.2, -0.15) is 0 Å². The van der Waals surface area contributed by atoms with Gasteiger partial charge in [0, 0.05) is 25.7 Å². The predicted octanol–water partition coefficient (Wildman–Crippen LogP) is 3.05. The van der Waals surface area contributed by atoms with E-state index in [4.69, 9.17) is 21.1 Å². The van der Waals surface area contributed by atoms with Crippen LogP contribution in [0, 0.1) is 5.82 Å². The van der Waals surface area contributed by atoms with E-state index in [1.165, 1.54) is 18.2 Å². The molecule has 1 unspecified atom stereocenters. The summed E-state index contributed by atoms with van der Waals surface area (Å²) < 4.78 is 24.0. The highest BCUT2D eigenvalue weighted by molar-refractivity contribution is 6.30. The molecular formula is C20H22ClFN2O3. The summed E-state index contributed by atoms with van der Waals surface area (Å²) in [5, 5.41) is 2.88. The maximum Gasteiger partial charge on any atom is 0.258 e. The fourth-order valence-corrected chi connectivity index (χ4v) is 3.17. The summed E-state index contributed by atoms with van der Waals surface area (Å²) in [6.45, 7) is 3.32. The van der Waals surface area contributed by atoms with Gasteiger partial charge in [-0.1, -0.05) is 41.9 Å². The molecule has 2 aromatic carbocycles. The highest BCUT2D eigenvalue weighted by Gasteiger charge is 2.23. The van der Waals surface area contributed by atoms with Gasteiger partial charge in [0.1, 0.15) is 11.6 Å². The van der Waals surface area contributed by atoms with Crippen LogP contribution in [0.15, 0.2) is 48.5 Å². The second-order valence-corrected chi connectivity index (χ2v) is 6.65. The number of carbonyl (C=O) groups is 1. The van der Waals surface area contributed by atoms with Crippen LogP contribution in [0.2, 0.25) is 5.02 Å². The number of halogens is 2. The number of benzene rings is 2. The van der Waals surface area contributed by atoms with Crippen LogP contribution >= 0.6 is 11.6 Å². The van der Waals surface area contributed by atoms with E-state index in [0.29, 0.717) is 25.5 Å². The van der Waals surface area contributed by atoms with Gasteiger partial charge in [0.15, 0.2) is 6.61 Å². The van der Waals surface area contributed by atoms with Crippen molar-refractivity contribution in [3.8, 4) is 5.75 Å². The van der Waals surface area contributed by atoms with Crippen molar-refractivity contribution >= 4 is 17.5 Å². The fraction of sp³-hybridized carbons (Fsp3) is 0.350. The third-order valence-electron chi connectivity index (χ3n) is 4.42. The minimum atomic E-state index is -0.523. The smallest absolute Gasteiger partial charge is 0.258 e. The largest absolute Gasteiger partial charge is 0.484 e. The first-order valence-electron chi connectivity index (χ1n) is 8.85. The lowest BCUT2D eigenvalue weighted by Crippen LogP contribution is -2.44. The van der Waals surface area contributed by atoms with Crippen LogP contribution in [-0.2, 0) is 9.53 Å². The van der Waals surface area contributed by atoms with Gasteiger partial charge in [-0.15, -0.1) is 0 Å². The summed E-state index contributed by atoms with van der Waals surface area (Å²) in [6, 6.07) is 14.1. The highest BCUT2D eigenvalue weighted by Crippen LogP contribution is 2.22. The summed E-state index contributed by atoms with van der Waals surface area (Å²) >= 11 is 5.71. The van der Waals surface area contributed by atoms with Gasteiger partial charge in [-0.25, -0.2) is 4.39 Å². The molecule has 1 atom stereocenters. The Hall–Kier alpha value is -2.15. The maximum absolute atomic E-state index is 13.2. The first-order chi connectivity index (χ1) is 13.1. The number of hydrogen-bond donors (Lipinski definition) is 1. The monoisotopic (exact) mass is 392 g/mol. The van der Waals surface area contributed by atoms with Crippen molar-refractivity contribution in [2.75, 3.05) is 39.5 Å². The van der Waals surface area contributed by atoms with Gasteiger partial charge in [-0.3, -0.25) is 9.69 Å². The zero-order chi connectivity index (χ0) is 19.1. The van der Waals surface area contributed by atoms with Crippen LogP contribution in [-0.4, -0.2) is 50.3 Å². The molecule has 0 aromatic heterocycles. The topological polar surface area (TPSA) is 50.8 Å². The molecule has 144 valence electrons. The van der Waals surface area contributed by atoms with E-state index in [1.54, 1.807) is 0 Å². The molecule has 0 bridgehead atoms. The summed E-state index contributed by atoms with van der Waals surface area (Å²) in [5.41, 5.74) is 1.14. The van der Waals surface area contributed by atoms with E-state index in [-0.39, 0.29) is 23.6 Å². The molecule has 27 heavy (non-hydrogen) atoms. The number of nitrogens with zero attached hydrogens (tertiary/aromatic N) is 1. The normalized spacial score (nSPS) is 15.9. The molecule has 1 heterocycles. The lowest BCUT2D eigenvalue weighted by molar-refractivity contribution is -0.123. The van der Waals surface area contributed by atoms with Crippen molar-refractivity contribution < 1.29 is 18.7 Å². The molecule has 7 heteroatoms. The number of rotatable bonds is 7. The number of ether oxygens (including phenoxy) is 2. The van der Waals surface area contributed by atoms with E-state index < -0.39 is 5.82 Å². The predicted molar refractivity (Wildman–Crippen MR) is 101 cm³/mol. The molecule has 0 aliphatic carbocycles. The Bertz CT molecular complexity index is 754. The second kappa shape index (κ2) is 9.69. The fourth-order valence-electron chi connectivity index (χ4n) is 3.00. The minimum absolute atomic E-state index is 0.0376. The number of amides is 1. The van der Waals surface area contributed by atoms with Crippen molar-refractivity contribution in [1.82, 2.24) is 10.2 Å².